The topological polar surface area (TPSA) is 55.2 Å². The molecule has 0 bridgehead atoms. The number of benzene rings is 1. The lowest BCUT2D eigenvalue weighted by Crippen LogP contribution is -2.38. The number of nitrogens with zero attached hydrogens (tertiary/aromatic N) is 3. The van der Waals surface area contributed by atoms with Gasteiger partial charge in [-0.2, -0.15) is 0 Å². The quantitative estimate of drug-likeness (QED) is 0.674. The van der Waals surface area contributed by atoms with Gasteiger partial charge in [0.05, 0.1) is 16.6 Å². The molecule has 5 nitrogen and oxygen atoms in total. The van der Waals surface area contributed by atoms with Crippen LogP contribution in [0.25, 0.3) is 10.2 Å². The summed E-state index contributed by atoms with van der Waals surface area (Å²) in [6, 6.07) is 10.6. The van der Waals surface area contributed by atoms with E-state index in [-0.39, 0.29) is 11.5 Å². The predicted octanol–water partition coefficient (Wildman–Crippen LogP) is 3.88. The monoisotopic (exact) mass is 395 g/mol. The van der Waals surface area contributed by atoms with Crippen molar-refractivity contribution in [3.63, 3.8) is 0 Å². The van der Waals surface area contributed by atoms with Gasteiger partial charge in [0.1, 0.15) is 4.83 Å². The van der Waals surface area contributed by atoms with Crippen molar-refractivity contribution in [2.24, 2.45) is 5.92 Å². The number of aromatic nitrogens is 2. The van der Waals surface area contributed by atoms with Gasteiger partial charge in [-0.05, 0) is 50.2 Å². The van der Waals surface area contributed by atoms with Gasteiger partial charge in [0.15, 0.2) is 0 Å². The first kappa shape index (κ1) is 18.9. The molecule has 1 fully saturated rings. The van der Waals surface area contributed by atoms with E-state index in [9.17, 15) is 9.59 Å². The molecule has 0 aliphatic carbocycles. The first-order valence-corrected chi connectivity index (χ1v) is 10.7. The normalized spacial score (nSPS) is 15.3. The van der Waals surface area contributed by atoms with Gasteiger partial charge in [-0.25, -0.2) is 4.98 Å². The molecule has 4 rings (SSSR count). The zero-order valence-corrected chi connectivity index (χ0v) is 17.2. The third-order valence-corrected chi connectivity index (χ3v) is 6.91. The third kappa shape index (κ3) is 3.49. The van der Waals surface area contributed by atoms with Gasteiger partial charge in [-0.1, -0.05) is 30.3 Å². The maximum absolute atomic E-state index is 13.1. The molecule has 1 aliphatic rings. The molecule has 6 heteroatoms. The van der Waals surface area contributed by atoms with Crippen LogP contribution < -0.4 is 5.56 Å². The number of carbonyl (C=O) groups is 1. The number of likely N-dealkylation sites (tertiary alicyclic amines) is 1. The number of hydrogen-bond acceptors (Lipinski definition) is 4. The summed E-state index contributed by atoms with van der Waals surface area (Å²) >= 11 is 1.35. The van der Waals surface area contributed by atoms with Crippen molar-refractivity contribution in [3.8, 4) is 0 Å². The van der Waals surface area contributed by atoms with Crippen molar-refractivity contribution in [2.45, 2.75) is 39.7 Å². The molecule has 1 amide bonds. The van der Waals surface area contributed by atoms with Crippen LogP contribution in [0.15, 0.2) is 41.5 Å². The van der Waals surface area contributed by atoms with Crippen LogP contribution >= 0.6 is 11.3 Å². The number of piperidine rings is 1. The molecule has 2 aromatic heterocycles. The third-order valence-electron chi connectivity index (χ3n) is 5.72. The minimum atomic E-state index is -0.0538. The zero-order valence-electron chi connectivity index (χ0n) is 16.4. The minimum Gasteiger partial charge on any atom is -0.338 e. The molecule has 1 saturated heterocycles. The number of hydrogen-bond donors (Lipinski definition) is 0. The van der Waals surface area contributed by atoms with E-state index in [1.165, 1.54) is 16.9 Å². The Hall–Kier alpha value is -2.47. The molecule has 0 unspecified atom stereocenters. The Bertz CT molecular complexity index is 1050. The van der Waals surface area contributed by atoms with E-state index in [4.69, 9.17) is 0 Å². The number of carbonyl (C=O) groups excluding carboxylic acids is 1. The average Bonchev–Trinajstić information content (AvgIpc) is 3.06. The van der Waals surface area contributed by atoms with Crippen LogP contribution in [0.1, 0.15) is 40.6 Å². The number of amides is 1. The Labute approximate surface area is 168 Å². The highest BCUT2D eigenvalue weighted by Gasteiger charge is 2.27. The Morgan fingerprint density at radius 3 is 2.61 bits per heavy atom. The number of aryl methyl sites for hydroxylation is 2. The molecule has 28 heavy (non-hydrogen) atoms. The first-order chi connectivity index (χ1) is 13.6. The summed E-state index contributed by atoms with van der Waals surface area (Å²) < 4.78 is 1.59. The Morgan fingerprint density at radius 1 is 1.21 bits per heavy atom. The van der Waals surface area contributed by atoms with Crippen molar-refractivity contribution in [1.29, 1.82) is 0 Å². The van der Waals surface area contributed by atoms with Crippen LogP contribution in [0, 0.1) is 12.8 Å². The summed E-state index contributed by atoms with van der Waals surface area (Å²) in [5.41, 5.74) is 2.09. The molecule has 0 radical (unpaired) electrons. The Morgan fingerprint density at radius 2 is 1.93 bits per heavy atom. The minimum absolute atomic E-state index is 0.0427. The molecule has 3 heterocycles. The second kappa shape index (κ2) is 7.87. The predicted molar refractivity (Wildman–Crippen MR) is 113 cm³/mol. The van der Waals surface area contributed by atoms with E-state index in [2.05, 4.69) is 29.2 Å². The van der Waals surface area contributed by atoms with Crippen LogP contribution in [0.3, 0.4) is 0 Å². The average molecular weight is 396 g/mol. The number of thiophene rings is 1. The zero-order chi connectivity index (χ0) is 19.7. The van der Waals surface area contributed by atoms with Crippen LogP contribution in [-0.2, 0) is 13.0 Å². The van der Waals surface area contributed by atoms with Crippen LogP contribution in [0.5, 0.6) is 0 Å². The second-order valence-electron chi connectivity index (χ2n) is 7.50. The molecule has 0 saturated carbocycles. The fraction of sp³-hybridized carbons (Fsp3) is 0.409. The van der Waals surface area contributed by atoms with E-state index < -0.39 is 0 Å². The lowest BCUT2D eigenvalue weighted by atomic mass is 9.90. The highest BCUT2D eigenvalue weighted by Crippen LogP contribution is 2.30. The van der Waals surface area contributed by atoms with Gasteiger partial charge in [0, 0.05) is 19.6 Å². The van der Waals surface area contributed by atoms with Crippen molar-refractivity contribution in [3.05, 3.63) is 63.0 Å². The van der Waals surface area contributed by atoms with E-state index in [0.717, 1.165) is 37.9 Å². The van der Waals surface area contributed by atoms with Crippen molar-refractivity contribution in [2.75, 3.05) is 13.1 Å². The smallest absolute Gasteiger partial charge is 0.264 e. The van der Waals surface area contributed by atoms with Gasteiger partial charge in [0.25, 0.3) is 11.5 Å². The number of rotatable bonds is 4. The van der Waals surface area contributed by atoms with E-state index in [0.29, 0.717) is 27.6 Å². The van der Waals surface area contributed by atoms with Crippen molar-refractivity contribution >= 4 is 27.5 Å². The molecule has 0 spiro atoms. The molecule has 0 N–H and O–H groups in total. The summed E-state index contributed by atoms with van der Waals surface area (Å²) in [5.74, 6) is 0.662. The van der Waals surface area contributed by atoms with E-state index >= 15 is 0 Å². The summed E-state index contributed by atoms with van der Waals surface area (Å²) in [6.45, 7) is 5.92. The summed E-state index contributed by atoms with van der Waals surface area (Å²) in [4.78, 5) is 33.4. The van der Waals surface area contributed by atoms with Gasteiger partial charge < -0.3 is 4.90 Å². The fourth-order valence-corrected chi connectivity index (χ4v) is 5.13. The highest BCUT2D eigenvalue weighted by molar-refractivity contribution is 7.20. The molecule has 0 atom stereocenters. The van der Waals surface area contributed by atoms with Gasteiger partial charge >= 0.3 is 0 Å². The summed E-state index contributed by atoms with van der Waals surface area (Å²) in [6.07, 6.45) is 4.69. The first-order valence-electron chi connectivity index (χ1n) is 9.90. The Balaban J connectivity index is 1.49. The van der Waals surface area contributed by atoms with Gasteiger partial charge in [-0.3, -0.25) is 14.2 Å². The molecular weight excluding hydrogens is 370 g/mol. The largest absolute Gasteiger partial charge is 0.338 e. The Kier molecular flexibility index (Phi) is 5.31. The number of fused-ring (bicyclic) bond motifs is 1. The van der Waals surface area contributed by atoms with Crippen molar-refractivity contribution < 1.29 is 4.79 Å². The molecule has 3 aromatic rings. The molecule has 1 aliphatic heterocycles. The molecule has 1 aromatic carbocycles. The van der Waals surface area contributed by atoms with Gasteiger partial charge in [0.2, 0.25) is 0 Å². The maximum Gasteiger partial charge on any atom is 0.264 e. The van der Waals surface area contributed by atoms with Crippen LogP contribution in [-0.4, -0.2) is 33.4 Å². The second-order valence-corrected chi connectivity index (χ2v) is 8.50. The lowest BCUT2D eigenvalue weighted by molar-refractivity contribution is 0.0695. The van der Waals surface area contributed by atoms with E-state index in [1.807, 2.05) is 24.8 Å². The molecular formula is C22H25N3O2S. The SMILES string of the molecule is CCn1cnc2sc(C(=O)N3CCC(Cc4ccccc4)CC3)c(C)c2c1=O. The van der Waals surface area contributed by atoms with Crippen LogP contribution in [0.4, 0.5) is 0 Å². The van der Waals surface area contributed by atoms with E-state index in [1.54, 1.807) is 10.9 Å². The van der Waals surface area contributed by atoms with Crippen LogP contribution in [0.2, 0.25) is 0 Å². The molecule has 146 valence electrons. The standard InChI is InChI=1S/C22H25N3O2S/c1-3-24-14-23-20-18(21(24)26)15(2)19(28-20)22(27)25-11-9-17(10-12-25)13-16-7-5-4-6-8-16/h4-8,14,17H,3,9-13H2,1-2H3. The fourth-order valence-electron chi connectivity index (χ4n) is 4.02. The summed E-state index contributed by atoms with van der Waals surface area (Å²) in [5, 5.41) is 0.594. The highest BCUT2D eigenvalue weighted by atomic mass is 32.1. The summed E-state index contributed by atoms with van der Waals surface area (Å²) in [7, 11) is 0. The lowest BCUT2D eigenvalue weighted by Gasteiger charge is -2.32. The van der Waals surface area contributed by atoms with Gasteiger partial charge in [-0.15, -0.1) is 11.3 Å². The van der Waals surface area contributed by atoms with Crippen molar-refractivity contribution in [1.82, 2.24) is 14.5 Å². The maximum atomic E-state index is 13.1.